The minimum atomic E-state index is 0.366. The van der Waals surface area contributed by atoms with Gasteiger partial charge in [0, 0.05) is 30.4 Å². The lowest BCUT2D eigenvalue weighted by atomic mass is 9.99. The molecule has 0 bridgehead atoms. The highest BCUT2D eigenvalue weighted by molar-refractivity contribution is 5.68. The molecule has 1 aromatic heterocycles. The Hall–Kier alpha value is -2.22. The number of rotatable bonds is 3. The van der Waals surface area contributed by atoms with Crippen molar-refractivity contribution in [2.24, 2.45) is 0 Å². The van der Waals surface area contributed by atoms with E-state index in [9.17, 15) is 5.26 Å². The molecule has 1 aliphatic rings. The lowest BCUT2D eigenvalue weighted by Gasteiger charge is -2.32. The van der Waals surface area contributed by atoms with Crippen LogP contribution in [0.15, 0.2) is 30.3 Å². The highest BCUT2D eigenvalue weighted by atomic mass is 16.5. The van der Waals surface area contributed by atoms with Gasteiger partial charge in [-0.1, -0.05) is 24.3 Å². The van der Waals surface area contributed by atoms with Crippen molar-refractivity contribution in [1.29, 1.82) is 5.26 Å². The SMILES string of the molecule is Cc1cc(C)c(C#N)c(-c2ccc(C(C)N3CCOCC3)cc2)n1. The first-order valence-electron chi connectivity index (χ1n) is 8.40. The van der Waals surface area contributed by atoms with Crippen molar-refractivity contribution in [2.45, 2.75) is 26.8 Å². The molecular formula is C20H23N3O. The number of hydrogen-bond acceptors (Lipinski definition) is 4. The van der Waals surface area contributed by atoms with Crippen LogP contribution in [0.5, 0.6) is 0 Å². The summed E-state index contributed by atoms with van der Waals surface area (Å²) >= 11 is 0. The molecule has 1 fully saturated rings. The number of nitrogens with zero attached hydrogens (tertiary/aromatic N) is 3. The quantitative estimate of drug-likeness (QED) is 0.866. The fraction of sp³-hybridized carbons (Fsp3) is 0.400. The Kier molecular flexibility index (Phi) is 4.94. The standard InChI is InChI=1S/C20H23N3O/c1-14-12-15(2)22-20(19(14)13-21)18-6-4-17(5-7-18)16(3)23-8-10-24-11-9-23/h4-7,12,16H,8-11H2,1-3H3. The van der Waals surface area contributed by atoms with Crippen molar-refractivity contribution in [1.82, 2.24) is 9.88 Å². The summed E-state index contributed by atoms with van der Waals surface area (Å²) in [6.45, 7) is 9.72. The Bertz CT molecular complexity index is 756. The predicted octanol–water partition coefficient (Wildman–Crippen LogP) is 3.63. The molecular weight excluding hydrogens is 298 g/mol. The van der Waals surface area contributed by atoms with Gasteiger partial charge >= 0.3 is 0 Å². The highest BCUT2D eigenvalue weighted by Crippen LogP contribution is 2.27. The molecule has 4 nitrogen and oxygen atoms in total. The van der Waals surface area contributed by atoms with Gasteiger partial charge in [0.25, 0.3) is 0 Å². The first-order chi connectivity index (χ1) is 11.6. The fourth-order valence-electron chi connectivity index (χ4n) is 3.28. The third kappa shape index (κ3) is 3.33. The van der Waals surface area contributed by atoms with Crippen LogP contribution in [-0.2, 0) is 4.74 Å². The average molecular weight is 321 g/mol. The molecule has 4 heteroatoms. The number of hydrogen-bond donors (Lipinski definition) is 0. The van der Waals surface area contributed by atoms with Gasteiger partial charge in [0.1, 0.15) is 6.07 Å². The molecule has 0 N–H and O–H groups in total. The van der Waals surface area contributed by atoms with Crippen LogP contribution in [0.3, 0.4) is 0 Å². The summed E-state index contributed by atoms with van der Waals surface area (Å²) < 4.78 is 5.43. The molecule has 2 aromatic rings. The molecule has 24 heavy (non-hydrogen) atoms. The maximum Gasteiger partial charge on any atom is 0.102 e. The van der Waals surface area contributed by atoms with Crippen LogP contribution in [0.2, 0.25) is 0 Å². The molecule has 2 heterocycles. The Morgan fingerprint density at radius 3 is 2.46 bits per heavy atom. The third-order valence-electron chi connectivity index (χ3n) is 4.72. The lowest BCUT2D eigenvalue weighted by Crippen LogP contribution is -2.37. The van der Waals surface area contributed by atoms with Gasteiger partial charge in [0.2, 0.25) is 0 Å². The number of ether oxygens (including phenoxy) is 1. The molecule has 1 unspecified atom stereocenters. The largest absolute Gasteiger partial charge is 0.379 e. The number of nitriles is 1. The molecule has 1 saturated heterocycles. The van der Waals surface area contributed by atoms with Crippen LogP contribution in [0.25, 0.3) is 11.3 Å². The number of aromatic nitrogens is 1. The number of aryl methyl sites for hydroxylation is 2. The van der Waals surface area contributed by atoms with Crippen LogP contribution in [0, 0.1) is 25.2 Å². The molecule has 3 rings (SSSR count). The Morgan fingerprint density at radius 2 is 1.83 bits per heavy atom. The van der Waals surface area contributed by atoms with E-state index < -0.39 is 0 Å². The zero-order valence-electron chi connectivity index (χ0n) is 14.5. The van der Waals surface area contributed by atoms with Gasteiger partial charge in [-0.2, -0.15) is 5.26 Å². The van der Waals surface area contributed by atoms with Crippen molar-refractivity contribution in [3.8, 4) is 17.3 Å². The minimum absolute atomic E-state index is 0.366. The van der Waals surface area contributed by atoms with E-state index in [-0.39, 0.29) is 0 Å². The number of pyridine rings is 1. The van der Waals surface area contributed by atoms with Crippen LogP contribution in [0.1, 0.15) is 35.3 Å². The first kappa shape index (κ1) is 16.6. The van der Waals surface area contributed by atoms with E-state index >= 15 is 0 Å². The van der Waals surface area contributed by atoms with Crippen molar-refractivity contribution >= 4 is 0 Å². The average Bonchev–Trinajstić information content (AvgIpc) is 2.61. The van der Waals surface area contributed by atoms with Crippen molar-refractivity contribution in [3.63, 3.8) is 0 Å². The summed E-state index contributed by atoms with van der Waals surface area (Å²) in [4.78, 5) is 7.03. The summed E-state index contributed by atoms with van der Waals surface area (Å²) in [6, 6.07) is 13.1. The zero-order chi connectivity index (χ0) is 17.1. The molecule has 0 saturated carbocycles. The second-order valence-electron chi connectivity index (χ2n) is 6.36. The molecule has 1 aliphatic heterocycles. The van der Waals surface area contributed by atoms with E-state index in [2.05, 4.69) is 47.1 Å². The highest BCUT2D eigenvalue weighted by Gasteiger charge is 2.19. The molecule has 124 valence electrons. The summed E-state index contributed by atoms with van der Waals surface area (Å²) in [5, 5.41) is 9.46. The number of benzene rings is 1. The van der Waals surface area contributed by atoms with Crippen molar-refractivity contribution in [2.75, 3.05) is 26.3 Å². The van der Waals surface area contributed by atoms with Gasteiger partial charge in [-0.25, -0.2) is 0 Å². The topological polar surface area (TPSA) is 49.2 Å². The van der Waals surface area contributed by atoms with Gasteiger partial charge < -0.3 is 4.74 Å². The maximum atomic E-state index is 9.46. The summed E-state index contributed by atoms with van der Waals surface area (Å²) in [5.74, 6) is 0. The minimum Gasteiger partial charge on any atom is -0.379 e. The van der Waals surface area contributed by atoms with Gasteiger partial charge in [0.15, 0.2) is 0 Å². The van der Waals surface area contributed by atoms with Crippen molar-refractivity contribution < 1.29 is 4.74 Å². The smallest absolute Gasteiger partial charge is 0.102 e. The summed E-state index contributed by atoms with van der Waals surface area (Å²) in [5.41, 5.74) is 5.63. The molecule has 0 spiro atoms. The van der Waals surface area contributed by atoms with E-state index in [0.29, 0.717) is 11.6 Å². The molecule has 0 aliphatic carbocycles. The van der Waals surface area contributed by atoms with E-state index in [1.807, 2.05) is 19.9 Å². The van der Waals surface area contributed by atoms with Crippen LogP contribution < -0.4 is 0 Å². The monoisotopic (exact) mass is 321 g/mol. The van der Waals surface area contributed by atoms with Gasteiger partial charge in [-0.3, -0.25) is 9.88 Å². The Balaban J connectivity index is 1.89. The fourth-order valence-corrected chi connectivity index (χ4v) is 3.28. The Morgan fingerprint density at radius 1 is 1.17 bits per heavy atom. The van der Waals surface area contributed by atoms with Crippen LogP contribution >= 0.6 is 0 Å². The van der Waals surface area contributed by atoms with E-state index in [0.717, 1.165) is 48.8 Å². The van der Waals surface area contributed by atoms with Crippen LogP contribution in [0.4, 0.5) is 0 Å². The molecule has 0 radical (unpaired) electrons. The van der Waals surface area contributed by atoms with Gasteiger partial charge in [-0.15, -0.1) is 0 Å². The van der Waals surface area contributed by atoms with E-state index in [4.69, 9.17) is 4.74 Å². The predicted molar refractivity (Wildman–Crippen MR) is 94.7 cm³/mol. The summed E-state index contributed by atoms with van der Waals surface area (Å²) in [6.07, 6.45) is 0. The molecule has 1 atom stereocenters. The molecule has 1 aromatic carbocycles. The first-order valence-corrected chi connectivity index (χ1v) is 8.40. The second kappa shape index (κ2) is 7.12. The van der Waals surface area contributed by atoms with E-state index in [1.165, 1.54) is 5.56 Å². The lowest BCUT2D eigenvalue weighted by molar-refractivity contribution is 0.0198. The number of morpholine rings is 1. The second-order valence-corrected chi connectivity index (χ2v) is 6.36. The maximum absolute atomic E-state index is 9.46. The Labute approximate surface area is 143 Å². The molecule has 0 amide bonds. The summed E-state index contributed by atoms with van der Waals surface area (Å²) in [7, 11) is 0. The third-order valence-corrected chi connectivity index (χ3v) is 4.72. The van der Waals surface area contributed by atoms with Crippen molar-refractivity contribution in [3.05, 3.63) is 52.7 Å². The van der Waals surface area contributed by atoms with Gasteiger partial charge in [0.05, 0.1) is 24.5 Å². The zero-order valence-corrected chi connectivity index (χ0v) is 14.5. The normalized spacial score (nSPS) is 16.6. The van der Waals surface area contributed by atoms with Crippen LogP contribution in [-0.4, -0.2) is 36.2 Å². The van der Waals surface area contributed by atoms with E-state index in [1.54, 1.807) is 0 Å². The van der Waals surface area contributed by atoms with Gasteiger partial charge in [-0.05, 0) is 38.0 Å².